The summed E-state index contributed by atoms with van der Waals surface area (Å²) in [6.07, 6.45) is 0. The number of hydrogen-bond donors (Lipinski definition) is 3. The van der Waals surface area contributed by atoms with Crippen LogP contribution in [0, 0.1) is 0 Å². The van der Waals surface area contributed by atoms with Crippen molar-refractivity contribution in [1.29, 1.82) is 0 Å². The number of urea groups is 1. The largest absolute Gasteiger partial charge is 0.382 e. The number of methoxy groups -OCH3 is 1. The summed E-state index contributed by atoms with van der Waals surface area (Å²) in [5.74, 6) is 0. The van der Waals surface area contributed by atoms with E-state index in [-0.39, 0.29) is 12.1 Å². The first-order valence-electron chi connectivity index (χ1n) is 7.06. The SMILES string of the molecule is CNC(C)c1cccc(NC(=O)NCCOCCOC)c1. The molecular weight excluding hydrogens is 270 g/mol. The predicted molar refractivity (Wildman–Crippen MR) is 83.6 cm³/mol. The summed E-state index contributed by atoms with van der Waals surface area (Å²) in [4.78, 5) is 11.7. The van der Waals surface area contributed by atoms with Crippen molar-refractivity contribution in [3.8, 4) is 0 Å². The number of hydrogen-bond acceptors (Lipinski definition) is 4. The van der Waals surface area contributed by atoms with Crippen molar-refractivity contribution >= 4 is 11.7 Å². The number of rotatable bonds is 9. The molecule has 1 atom stereocenters. The molecule has 1 aromatic carbocycles. The quantitative estimate of drug-likeness (QED) is 0.607. The molecule has 0 aliphatic carbocycles. The molecule has 118 valence electrons. The topological polar surface area (TPSA) is 71.6 Å². The van der Waals surface area contributed by atoms with E-state index >= 15 is 0 Å². The minimum Gasteiger partial charge on any atom is -0.382 e. The number of amides is 2. The van der Waals surface area contributed by atoms with Crippen LogP contribution in [0.15, 0.2) is 24.3 Å². The fourth-order valence-electron chi connectivity index (χ4n) is 1.71. The number of carbonyl (C=O) groups excluding carboxylic acids is 1. The van der Waals surface area contributed by atoms with Crippen molar-refractivity contribution in [2.75, 3.05) is 45.8 Å². The highest BCUT2D eigenvalue weighted by molar-refractivity contribution is 5.89. The van der Waals surface area contributed by atoms with Crippen molar-refractivity contribution in [3.63, 3.8) is 0 Å². The van der Waals surface area contributed by atoms with Gasteiger partial charge in [0.05, 0.1) is 19.8 Å². The summed E-state index contributed by atoms with van der Waals surface area (Å²) in [5, 5.41) is 8.71. The zero-order valence-corrected chi connectivity index (χ0v) is 12.9. The fourth-order valence-corrected chi connectivity index (χ4v) is 1.71. The van der Waals surface area contributed by atoms with Gasteiger partial charge in [-0.15, -0.1) is 0 Å². The molecule has 21 heavy (non-hydrogen) atoms. The Labute approximate surface area is 126 Å². The molecule has 0 aromatic heterocycles. The Balaban J connectivity index is 2.31. The molecule has 6 nitrogen and oxygen atoms in total. The molecule has 3 N–H and O–H groups in total. The molecule has 0 radical (unpaired) electrons. The minimum absolute atomic E-state index is 0.236. The van der Waals surface area contributed by atoms with Crippen LogP contribution in [-0.2, 0) is 9.47 Å². The molecular formula is C15H25N3O3. The van der Waals surface area contributed by atoms with Crippen LogP contribution in [0.2, 0.25) is 0 Å². The Hall–Kier alpha value is -1.63. The van der Waals surface area contributed by atoms with Crippen molar-refractivity contribution in [1.82, 2.24) is 10.6 Å². The van der Waals surface area contributed by atoms with E-state index in [1.165, 1.54) is 0 Å². The highest BCUT2D eigenvalue weighted by atomic mass is 16.5. The fraction of sp³-hybridized carbons (Fsp3) is 0.533. The number of anilines is 1. The van der Waals surface area contributed by atoms with Crippen LogP contribution in [0.4, 0.5) is 10.5 Å². The molecule has 0 aliphatic rings. The van der Waals surface area contributed by atoms with E-state index in [9.17, 15) is 4.79 Å². The molecule has 6 heteroatoms. The van der Waals surface area contributed by atoms with E-state index in [0.717, 1.165) is 11.3 Å². The summed E-state index contributed by atoms with van der Waals surface area (Å²) in [6.45, 7) is 4.08. The lowest BCUT2D eigenvalue weighted by atomic mass is 10.1. The van der Waals surface area contributed by atoms with E-state index in [1.54, 1.807) is 7.11 Å². The average Bonchev–Trinajstić information content (AvgIpc) is 2.50. The molecule has 1 rings (SSSR count). The highest BCUT2D eigenvalue weighted by Gasteiger charge is 2.05. The number of ether oxygens (including phenoxy) is 2. The second-order valence-corrected chi connectivity index (χ2v) is 4.62. The van der Waals surface area contributed by atoms with Gasteiger partial charge >= 0.3 is 6.03 Å². The van der Waals surface area contributed by atoms with Crippen LogP contribution in [0.3, 0.4) is 0 Å². The lowest BCUT2D eigenvalue weighted by Gasteiger charge is -2.13. The first-order chi connectivity index (χ1) is 10.2. The van der Waals surface area contributed by atoms with Crippen LogP contribution in [0.5, 0.6) is 0 Å². The third kappa shape index (κ3) is 7.08. The lowest BCUT2D eigenvalue weighted by molar-refractivity contribution is 0.0728. The van der Waals surface area contributed by atoms with Gasteiger partial charge in [0.2, 0.25) is 0 Å². The van der Waals surface area contributed by atoms with Crippen molar-refractivity contribution < 1.29 is 14.3 Å². The molecule has 0 saturated carbocycles. The number of nitrogens with one attached hydrogen (secondary N) is 3. The second kappa shape index (κ2) is 10.1. The van der Waals surface area contributed by atoms with E-state index < -0.39 is 0 Å². The molecule has 0 aliphatic heterocycles. The molecule has 0 fully saturated rings. The van der Waals surface area contributed by atoms with E-state index in [2.05, 4.69) is 22.9 Å². The van der Waals surface area contributed by atoms with Crippen LogP contribution in [-0.4, -0.2) is 46.6 Å². The summed E-state index contributed by atoms with van der Waals surface area (Å²) >= 11 is 0. The summed E-state index contributed by atoms with van der Waals surface area (Å²) in [6, 6.07) is 7.76. The van der Waals surface area contributed by atoms with Gasteiger partial charge in [-0.25, -0.2) is 4.79 Å². The maximum Gasteiger partial charge on any atom is 0.319 e. The Morgan fingerprint density at radius 2 is 2.10 bits per heavy atom. The Bertz CT molecular complexity index is 426. The van der Waals surface area contributed by atoms with Gasteiger partial charge in [0.15, 0.2) is 0 Å². The Morgan fingerprint density at radius 1 is 1.29 bits per heavy atom. The van der Waals surface area contributed by atoms with Gasteiger partial charge in [0.1, 0.15) is 0 Å². The first-order valence-corrected chi connectivity index (χ1v) is 7.06. The van der Waals surface area contributed by atoms with Gasteiger partial charge in [-0.3, -0.25) is 0 Å². The van der Waals surface area contributed by atoms with Crippen LogP contribution < -0.4 is 16.0 Å². The van der Waals surface area contributed by atoms with E-state index in [1.807, 2.05) is 31.3 Å². The van der Waals surface area contributed by atoms with Gasteiger partial charge < -0.3 is 25.4 Å². The van der Waals surface area contributed by atoms with Gasteiger partial charge in [0.25, 0.3) is 0 Å². The summed E-state index contributed by atoms with van der Waals surface area (Å²) in [7, 11) is 3.53. The minimum atomic E-state index is -0.236. The van der Waals surface area contributed by atoms with Gasteiger partial charge in [-0.2, -0.15) is 0 Å². The summed E-state index contributed by atoms with van der Waals surface area (Å²) in [5.41, 5.74) is 1.89. The standard InChI is InChI=1S/C15H25N3O3/c1-12(16-2)13-5-4-6-14(11-13)18-15(19)17-7-8-21-10-9-20-3/h4-6,11-12,16H,7-10H2,1-3H3,(H2,17,18,19). The zero-order valence-electron chi connectivity index (χ0n) is 12.9. The molecule has 0 spiro atoms. The van der Waals surface area contributed by atoms with Crippen LogP contribution in [0.1, 0.15) is 18.5 Å². The molecule has 0 bridgehead atoms. The molecule has 0 saturated heterocycles. The van der Waals surface area contributed by atoms with Gasteiger partial charge in [-0.1, -0.05) is 12.1 Å². The third-order valence-corrected chi connectivity index (χ3v) is 3.04. The van der Waals surface area contributed by atoms with Crippen LogP contribution in [0.25, 0.3) is 0 Å². The predicted octanol–water partition coefficient (Wildman–Crippen LogP) is 1.75. The highest BCUT2D eigenvalue weighted by Crippen LogP contribution is 2.16. The second-order valence-electron chi connectivity index (χ2n) is 4.62. The zero-order chi connectivity index (χ0) is 15.5. The van der Waals surface area contributed by atoms with Crippen molar-refractivity contribution in [2.24, 2.45) is 0 Å². The van der Waals surface area contributed by atoms with Crippen LogP contribution >= 0.6 is 0 Å². The normalized spacial score (nSPS) is 12.0. The third-order valence-electron chi connectivity index (χ3n) is 3.04. The lowest BCUT2D eigenvalue weighted by Crippen LogP contribution is -2.31. The monoisotopic (exact) mass is 295 g/mol. The van der Waals surface area contributed by atoms with Gasteiger partial charge in [-0.05, 0) is 31.7 Å². The summed E-state index contributed by atoms with van der Waals surface area (Å²) < 4.78 is 10.1. The number of carbonyl (C=O) groups is 1. The average molecular weight is 295 g/mol. The smallest absolute Gasteiger partial charge is 0.319 e. The maximum absolute atomic E-state index is 11.7. The Morgan fingerprint density at radius 3 is 2.81 bits per heavy atom. The first kappa shape index (κ1) is 17.4. The van der Waals surface area contributed by atoms with E-state index in [4.69, 9.17) is 9.47 Å². The van der Waals surface area contributed by atoms with E-state index in [0.29, 0.717) is 26.4 Å². The maximum atomic E-state index is 11.7. The molecule has 0 heterocycles. The van der Waals surface area contributed by atoms with Crippen molar-refractivity contribution in [2.45, 2.75) is 13.0 Å². The molecule has 1 unspecified atom stereocenters. The Kier molecular flexibility index (Phi) is 8.42. The van der Waals surface area contributed by atoms with Crippen molar-refractivity contribution in [3.05, 3.63) is 29.8 Å². The van der Waals surface area contributed by atoms with Gasteiger partial charge in [0, 0.05) is 25.4 Å². The molecule has 2 amide bonds. The number of benzene rings is 1. The molecule has 1 aromatic rings.